The first-order valence-electron chi connectivity index (χ1n) is 9.13. The molecule has 2 fully saturated rings. The van der Waals surface area contributed by atoms with E-state index in [0.29, 0.717) is 36.8 Å². The lowest BCUT2D eigenvalue weighted by Gasteiger charge is -2.28. The molecule has 0 spiro atoms. The highest BCUT2D eigenvalue weighted by atomic mass is 35.5. The quantitative estimate of drug-likeness (QED) is 0.837. The van der Waals surface area contributed by atoms with Crippen LogP contribution in [0.25, 0.3) is 11.4 Å². The number of nitrogens with one attached hydrogen (secondary N) is 2. The van der Waals surface area contributed by atoms with E-state index in [1.807, 2.05) is 31.2 Å². The zero-order valence-electron chi connectivity index (χ0n) is 14.9. The van der Waals surface area contributed by atoms with Gasteiger partial charge in [0.2, 0.25) is 5.91 Å². The van der Waals surface area contributed by atoms with Gasteiger partial charge in [-0.25, -0.2) is 4.68 Å². The van der Waals surface area contributed by atoms with Crippen molar-refractivity contribution in [2.45, 2.75) is 57.7 Å². The molecule has 0 saturated carbocycles. The molecule has 2 saturated heterocycles. The summed E-state index contributed by atoms with van der Waals surface area (Å²) < 4.78 is 1.74. The number of nitrogens with zero attached hydrogens (tertiary/aromatic N) is 4. The Morgan fingerprint density at radius 1 is 1.31 bits per heavy atom. The fraction of sp³-hybridized carbons (Fsp3) is 0.556. The molecule has 2 N–H and O–H groups in total. The van der Waals surface area contributed by atoms with Gasteiger partial charge in [-0.05, 0) is 61.1 Å². The molecule has 2 aromatic rings. The van der Waals surface area contributed by atoms with Crippen LogP contribution in [0.2, 0.25) is 0 Å². The van der Waals surface area contributed by atoms with Crippen molar-refractivity contribution in [2.24, 2.45) is 5.92 Å². The lowest BCUT2D eigenvalue weighted by atomic mass is 9.89. The van der Waals surface area contributed by atoms with E-state index in [1.165, 1.54) is 12.8 Å². The Hall–Kier alpha value is -1.99. The highest BCUT2D eigenvalue weighted by molar-refractivity contribution is 5.91. The standard InChI is InChI=1S/C18H24N6O.ClH/c1-2-24-18(21-22-23-24)13-4-3-5-14(11-13)20-17(25)10-12-8-15-6-7-16(9-12)19-15;/h3-5,11-12,15-16,19H,2,6-10H2,1H3,(H,20,25);1H. The van der Waals surface area contributed by atoms with Crippen molar-refractivity contribution in [1.29, 1.82) is 0 Å². The number of hydrogen-bond donors (Lipinski definition) is 2. The van der Waals surface area contributed by atoms with E-state index in [9.17, 15) is 4.79 Å². The average molecular weight is 377 g/mol. The third-order valence-electron chi connectivity index (χ3n) is 5.28. The van der Waals surface area contributed by atoms with E-state index in [2.05, 4.69) is 26.2 Å². The molecular formula is C18H25ClN6O. The first kappa shape index (κ1) is 18.8. The fourth-order valence-corrected chi connectivity index (χ4v) is 4.18. The number of tetrazole rings is 1. The van der Waals surface area contributed by atoms with E-state index >= 15 is 0 Å². The van der Waals surface area contributed by atoms with Crippen LogP contribution in [0.4, 0.5) is 5.69 Å². The number of rotatable bonds is 5. The van der Waals surface area contributed by atoms with Gasteiger partial charge in [0.25, 0.3) is 0 Å². The summed E-state index contributed by atoms with van der Waals surface area (Å²) in [6.07, 6.45) is 5.37. The van der Waals surface area contributed by atoms with Crippen LogP contribution >= 0.6 is 12.4 Å². The number of piperidine rings is 1. The number of carbonyl (C=O) groups excluding carboxylic acids is 1. The van der Waals surface area contributed by atoms with Crippen LogP contribution in [0.5, 0.6) is 0 Å². The van der Waals surface area contributed by atoms with Crippen molar-refractivity contribution in [3.63, 3.8) is 0 Å². The second-order valence-corrected chi connectivity index (χ2v) is 7.13. The van der Waals surface area contributed by atoms with Crippen LogP contribution in [0, 0.1) is 5.92 Å². The number of aryl methyl sites for hydroxylation is 1. The van der Waals surface area contributed by atoms with Gasteiger partial charge in [-0.1, -0.05) is 12.1 Å². The molecule has 0 radical (unpaired) electrons. The van der Waals surface area contributed by atoms with Gasteiger partial charge in [0.15, 0.2) is 5.82 Å². The summed E-state index contributed by atoms with van der Waals surface area (Å²) in [5.74, 6) is 1.31. The smallest absolute Gasteiger partial charge is 0.224 e. The Morgan fingerprint density at radius 2 is 2.08 bits per heavy atom. The molecule has 3 heterocycles. The molecule has 1 amide bonds. The minimum absolute atomic E-state index is 0. The summed E-state index contributed by atoms with van der Waals surface area (Å²) in [6.45, 7) is 2.70. The maximum Gasteiger partial charge on any atom is 0.224 e. The number of carbonyl (C=O) groups is 1. The molecule has 2 atom stereocenters. The van der Waals surface area contributed by atoms with E-state index in [-0.39, 0.29) is 18.3 Å². The van der Waals surface area contributed by atoms with Crippen molar-refractivity contribution < 1.29 is 4.79 Å². The highest BCUT2D eigenvalue weighted by Crippen LogP contribution is 2.33. The Labute approximate surface area is 159 Å². The van der Waals surface area contributed by atoms with Gasteiger partial charge in [0.1, 0.15) is 0 Å². The molecule has 140 valence electrons. The summed E-state index contributed by atoms with van der Waals surface area (Å²) in [4.78, 5) is 12.5. The topological polar surface area (TPSA) is 84.7 Å². The average Bonchev–Trinajstić information content (AvgIpc) is 3.21. The third-order valence-corrected chi connectivity index (χ3v) is 5.28. The zero-order chi connectivity index (χ0) is 17.2. The summed E-state index contributed by atoms with van der Waals surface area (Å²) in [7, 11) is 0. The lowest BCUT2D eigenvalue weighted by molar-refractivity contribution is -0.117. The molecule has 8 heteroatoms. The van der Waals surface area contributed by atoms with Gasteiger partial charge in [-0.2, -0.15) is 0 Å². The second kappa shape index (κ2) is 8.14. The molecule has 4 rings (SSSR count). The Morgan fingerprint density at radius 3 is 2.81 bits per heavy atom. The number of fused-ring (bicyclic) bond motifs is 2. The first-order valence-corrected chi connectivity index (χ1v) is 9.13. The zero-order valence-corrected chi connectivity index (χ0v) is 15.7. The van der Waals surface area contributed by atoms with Crippen molar-refractivity contribution >= 4 is 24.0 Å². The number of aromatic nitrogens is 4. The van der Waals surface area contributed by atoms with Crippen LogP contribution in [0.3, 0.4) is 0 Å². The first-order chi connectivity index (χ1) is 12.2. The molecule has 2 aliphatic heterocycles. The van der Waals surface area contributed by atoms with E-state index in [1.54, 1.807) is 4.68 Å². The molecule has 1 aromatic heterocycles. The van der Waals surface area contributed by atoms with Gasteiger partial charge < -0.3 is 10.6 Å². The maximum atomic E-state index is 12.5. The molecule has 2 unspecified atom stereocenters. The van der Waals surface area contributed by atoms with Gasteiger partial charge in [0.05, 0.1) is 0 Å². The van der Waals surface area contributed by atoms with E-state index in [4.69, 9.17) is 0 Å². The summed E-state index contributed by atoms with van der Waals surface area (Å²) in [5, 5.41) is 18.4. The van der Waals surface area contributed by atoms with Crippen LogP contribution in [-0.4, -0.2) is 38.2 Å². The normalized spacial score (nSPS) is 24.1. The van der Waals surface area contributed by atoms with Gasteiger partial charge in [0, 0.05) is 36.3 Å². The molecule has 2 bridgehead atoms. The number of amides is 1. The summed E-state index contributed by atoms with van der Waals surface area (Å²) in [6, 6.07) is 8.96. The fourth-order valence-electron chi connectivity index (χ4n) is 4.18. The van der Waals surface area contributed by atoms with Crippen LogP contribution < -0.4 is 10.6 Å². The predicted molar refractivity (Wildman–Crippen MR) is 102 cm³/mol. The van der Waals surface area contributed by atoms with Crippen LogP contribution in [-0.2, 0) is 11.3 Å². The number of hydrogen-bond acceptors (Lipinski definition) is 5. The Balaban J connectivity index is 0.00000196. The minimum atomic E-state index is 0. The van der Waals surface area contributed by atoms with Crippen molar-refractivity contribution in [2.75, 3.05) is 5.32 Å². The maximum absolute atomic E-state index is 12.5. The molecule has 1 aromatic carbocycles. The van der Waals surface area contributed by atoms with Crippen LogP contribution in [0.15, 0.2) is 24.3 Å². The van der Waals surface area contributed by atoms with Crippen molar-refractivity contribution in [3.8, 4) is 11.4 Å². The SMILES string of the molecule is CCn1nnnc1-c1cccc(NC(=O)CC2CC3CCC(C2)N3)c1.Cl. The predicted octanol–water partition coefficient (Wildman–Crippen LogP) is 2.64. The van der Waals surface area contributed by atoms with Gasteiger partial charge >= 0.3 is 0 Å². The summed E-state index contributed by atoms with van der Waals surface area (Å²) >= 11 is 0. The molecule has 0 aliphatic carbocycles. The number of benzene rings is 1. The highest BCUT2D eigenvalue weighted by Gasteiger charge is 2.34. The monoisotopic (exact) mass is 376 g/mol. The second-order valence-electron chi connectivity index (χ2n) is 7.13. The molecule has 2 aliphatic rings. The molecule has 7 nitrogen and oxygen atoms in total. The number of anilines is 1. The minimum Gasteiger partial charge on any atom is -0.326 e. The molecular weight excluding hydrogens is 352 g/mol. The van der Waals surface area contributed by atoms with Crippen molar-refractivity contribution in [3.05, 3.63) is 24.3 Å². The molecule has 26 heavy (non-hydrogen) atoms. The third kappa shape index (κ3) is 4.04. The van der Waals surface area contributed by atoms with E-state index in [0.717, 1.165) is 24.1 Å². The van der Waals surface area contributed by atoms with E-state index < -0.39 is 0 Å². The van der Waals surface area contributed by atoms with Gasteiger partial charge in [-0.15, -0.1) is 17.5 Å². The summed E-state index contributed by atoms with van der Waals surface area (Å²) in [5.41, 5.74) is 1.70. The largest absolute Gasteiger partial charge is 0.326 e. The van der Waals surface area contributed by atoms with Gasteiger partial charge in [-0.3, -0.25) is 4.79 Å². The lowest BCUT2D eigenvalue weighted by Crippen LogP contribution is -2.39. The number of halogens is 1. The van der Waals surface area contributed by atoms with Crippen molar-refractivity contribution in [1.82, 2.24) is 25.5 Å². The van der Waals surface area contributed by atoms with Crippen LogP contribution in [0.1, 0.15) is 39.0 Å². The Kier molecular flexibility index (Phi) is 5.88. The Bertz CT molecular complexity index is 752.